The van der Waals surface area contributed by atoms with Crippen LogP contribution in [0, 0.1) is 2.88 Å². The van der Waals surface area contributed by atoms with Crippen molar-refractivity contribution in [2.24, 2.45) is 0 Å². The van der Waals surface area contributed by atoms with Crippen molar-refractivity contribution < 1.29 is 9.00 Å². The summed E-state index contributed by atoms with van der Waals surface area (Å²) in [5.41, 5.74) is 0.687. The quantitative estimate of drug-likeness (QED) is 0.818. The highest BCUT2D eigenvalue weighted by atomic mass is 127. The van der Waals surface area contributed by atoms with E-state index in [1.165, 1.54) is 0 Å². The van der Waals surface area contributed by atoms with Gasteiger partial charge >= 0.3 is 0 Å². The van der Waals surface area contributed by atoms with Gasteiger partial charge in [0.25, 0.3) is 5.91 Å². The third-order valence-electron chi connectivity index (χ3n) is 1.77. The fraction of sp³-hybridized carbons (Fsp3) is 0.444. The number of carbonyl (C=O) groups is 1. The van der Waals surface area contributed by atoms with Crippen LogP contribution in [0.2, 0.25) is 0 Å². The summed E-state index contributed by atoms with van der Waals surface area (Å²) >= 11 is 3.72. The molecule has 3 nitrogen and oxygen atoms in total. The van der Waals surface area contributed by atoms with E-state index in [0.29, 0.717) is 23.6 Å². The van der Waals surface area contributed by atoms with Gasteiger partial charge in [0.1, 0.15) is 0 Å². The number of amides is 1. The molecule has 0 spiro atoms. The lowest BCUT2D eigenvalue weighted by molar-refractivity contribution is 0.0956. The topological polar surface area (TPSA) is 46.2 Å². The Morgan fingerprint density at radius 3 is 2.93 bits per heavy atom. The van der Waals surface area contributed by atoms with E-state index in [1.54, 1.807) is 11.3 Å². The molecule has 1 heterocycles. The Morgan fingerprint density at radius 2 is 2.40 bits per heavy atom. The van der Waals surface area contributed by atoms with E-state index < -0.39 is 10.8 Å². The van der Waals surface area contributed by atoms with Gasteiger partial charge in [0, 0.05) is 34.2 Å². The third-order valence-corrected chi connectivity index (χ3v) is 4.86. The number of nitrogens with one attached hydrogen (secondary N) is 1. The summed E-state index contributed by atoms with van der Waals surface area (Å²) in [6.45, 7) is 2.35. The van der Waals surface area contributed by atoms with E-state index in [-0.39, 0.29) is 5.91 Å². The SMILES string of the molecule is CCS(=O)CCNC(=O)c1csc(I)c1. The van der Waals surface area contributed by atoms with Gasteiger partial charge in [-0.05, 0) is 28.7 Å². The van der Waals surface area contributed by atoms with Crippen LogP contribution in [-0.2, 0) is 10.8 Å². The van der Waals surface area contributed by atoms with Gasteiger partial charge in [-0.1, -0.05) is 6.92 Å². The standard InChI is InChI=1S/C9H12INO2S2/c1-2-15(13)4-3-11-9(12)7-5-8(10)14-6-7/h5-6H,2-4H2,1H3,(H,11,12). The van der Waals surface area contributed by atoms with Gasteiger partial charge in [-0.25, -0.2) is 0 Å². The monoisotopic (exact) mass is 357 g/mol. The molecular weight excluding hydrogens is 345 g/mol. The first-order valence-electron chi connectivity index (χ1n) is 4.50. The van der Waals surface area contributed by atoms with E-state index in [4.69, 9.17) is 0 Å². The molecule has 0 radical (unpaired) electrons. The van der Waals surface area contributed by atoms with E-state index >= 15 is 0 Å². The van der Waals surface area contributed by atoms with Crippen LogP contribution in [0.25, 0.3) is 0 Å². The predicted molar refractivity (Wildman–Crippen MR) is 72.9 cm³/mol. The predicted octanol–water partition coefficient (Wildman–Crippen LogP) is 1.85. The molecule has 0 aliphatic rings. The van der Waals surface area contributed by atoms with Gasteiger partial charge in [-0.3, -0.25) is 9.00 Å². The van der Waals surface area contributed by atoms with Crippen LogP contribution >= 0.6 is 33.9 Å². The van der Waals surface area contributed by atoms with Gasteiger partial charge in [-0.15, -0.1) is 11.3 Å². The van der Waals surface area contributed by atoms with Gasteiger partial charge in [0.2, 0.25) is 0 Å². The number of halogens is 1. The van der Waals surface area contributed by atoms with E-state index in [2.05, 4.69) is 27.9 Å². The Morgan fingerprint density at radius 1 is 1.67 bits per heavy atom. The van der Waals surface area contributed by atoms with Crippen molar-refractivity contribution in [2.75, 3.05) is 18.1 Å². The molecule has 0 aliphatic heterocycles. The molecule has 1 unspecified atom stereocenters. The van der Waals surface area contributed by atoms with Crippen LogP contribution < -0.4 is 5.32 Å². The molecule has 6 heteroatoms. The zero-order valence-corrected chi connectivity index (χ0v) is 12.1. The van der Waals surface area contributed by atoms with E-state index in [1.807, 2.05) is 18.4 Å². The highest BCUT2D eigenvalue weighted by molar-refractivity contribution is 14.1. The number of hydrogen-bond acceptors (Lipinski definition) is 3. The number of carbonyl (C=O) groups excluding carboxylic acids is 1. The second-order valence-electron chi connectivity index (χ2n) is 2.83. The van der Waals surface area contributed by atoms with Crippen LogP contribution in [0.3, 0.4) is 0 Å². The zero-order valence-electron chi connectivity index (χ0n) is 8.29. The van der Waals surface area contributed by atoms with E-state index in [0.717, 1.165) is 2.88 Å². The summed E-state index contributed by atoms with van der Waals surface area (Å²) in [7, 11) is -0.808. The lowest BCUT2D eigenvalue weighted by atomic mass is 10.3. The van der Waals surface area contributed by atoms with Crippen molar-refractivity contribution in [3.63, 3.8) is 0 Å². The molecule has 84 valence electrons. The van der Waals surface area contributed by atoms with Gasteiger partial charge in [0.05, 0.1) is 8.45 Å². The molecule has 1 N–H and O–H groups in total. The van der Waals surface area contributed by atoms with Gasteiger partial charge in [-0.2, -0.15) is 0 Å². The Labute approximate surface area is 109 Å². The Hall–Kier alpha value is 0.0500. The summed E-state index contributed by atoms with van der Waals surface area (Å²) < 4.78 is 12.2. The van der Waals surface area contributed by atoms with Gasteiger partial charge < -0.3 is 5.32 Å². The first kappa shape index (κ1) is 13.1. The summed E-state index contributed by atoms with van der Waals surface area (Å²) in [4.78, 5) is 11.5. The maximum Gasteiger partial charge on any atom is 0.252 e. The van der Waals surface area contributed by atoms with Crippen molar-refractivity contribution in [3.8, 4) is 0 Å². The second kappa shape index (κ2) is 6.59. The summed E-state index contributed by atoms with van der Waals surface area (Å²) in [5, 5.41) is 4.58. The third kappa shape index (κ3) is 4.60. The molecule has 1 amide bonds. The average Bonchev–Trinajstić information content (AvgIpc) is 2.64. The molecule has 1 aromatic rings. The lowest BCUT2D eigenvalue weighted by Gasteiger charge is -2.02. The molecule has 0 bridgehead atoms. The molecular formula is C9H12INO2S2. The Bertz CT molecular complexity index is 365. The first-order valence-corrected chi connectivity index (χ1v) is 7.95. The normalized spacial score (nSPS) is 12.4. The van der Waals surface area contributed by atoms with Crippen molar-refractivity contribution >= 4 is 50.6 Å². The Kier molecular flexibility index (Phi) is 5.77. The van der Waals surface area contributed by atoms with Crippen LogP contribution in [-0.4, -0.2) is 28.2 Å². The van der Waals surface area contributed by atoms with Crippen LogP contribution in [0.15, 0.2) is 11.4 Å². The zero-order chi connectivity index (χ0) is 11.3. The Balaban J connectivity index is 2.34. The molecule has 15 heavy (non-hydrogen) atoms. The highest BCUT2D eigenvalue weighted by Crippen LogP contribution is 2.16. The van der Waals surface area contributed by atoms with Crippen molar-refractivity contribution in [3.05, 3.63) is 19.9 Å². The summed E-state index contributed by atoms with van der Waals surface area (Å²) in [5.74, 6) is 1.10. The van der Waals surface area contributed by atoms with Gasteiger partial charge in [0.15, 0.2) is 0 Å². The minimum Gasteiger partial charge on any atom is -0.351 e. The van der Waals surface area contributed by atoms with Crippen LogP contribution in [0.4, 0.5) is 0 Å². The molecule has 0 aromatic carbocycles. The molecule has 1 atom stereocenters. The first-order chi connectivity index (χ1) is 7.13. The largest absolute Gasteiger partial charge is 0.351 e. The molecule has 1 aromatic heterocycles. The fourth-order valence-corrected chi connectivity index (χ4v) is 2.90. The average molecular weight is 357 g/mol. The van der Waals surface area contributed by atoms with Crippen molar-refractivity contribution in [1.82, 2.24) is 5.32 Å². The number of hydrogen-bond donors (Lipinski definition) is 1. The number of rotatable bonds is 5. The fourth-order valence-electron chi connectivity index (χ4n) is 0.954. The molecule has 0 saturated carbocycles. The minimum atomic E-state index is -0.808. The second-order valence-corrected chi connectivity index (χ2v) is 7.50. The van der Waals surface area contributed by atoms with E-state index in [9.17, 15) is 9.00 Å². The minimum absolute atomic E-state index is 0.0812. The van der Waals surface area contributed by atoms with Crippen LogP contribution in [0.1, 0.15) is 17.3 Å². The maximum absolute atomic E-state index is 11.5. The molecule has 1 rings (SSSR count). The van der Waals surface area contributed by atoms with Crippen molar-refractivity contribution in [1.29, 1.82) is 0 Å². The van der Waals surface area contributed by atoms with Crippen LogP contribution in [0.5, 0.6) is 0 Å². The smallest absolute Gasteiger partial charge is 0.252 e. The summed E-state index contributed by atoms with van der Waals surface area (Å²) in [6.07, 6.45) is 0. The highest BCUT2D eigenvalue weighted by Gasteiger charge is 2.07. The molecule has 0 fully saturated rings. The number of thiophene rings is 1. The lowest BCUT2D eigenvalue weighted by Crippen LogP contribution is -2.27. The summed E-state index contributed by atoms with van der Waals surface area (Å²) in [6, 6.07) is 1.84. The molecule has 0 aliphatic carbocycles. The maximum atomic E-state index is 11.5. The van der Waals surface area contributed by atoms with Crippen molar-refractivity contribution in [2.45, 2.75) is 6.92 Å². The molecule has 0 saturated heterocycles.